The lowest BCUT2D eigenvalue weighted by Crippen LogP contribution is -2.13. The number of amidine groups is 1. The molecule has 0 aliphatic rings. The summed E-state index contributed by atoms with van der Waals surface area (Å²) in [5.41, 5.74) is 7.02. The topological polar surface area (TPSA) is 89.3 Å². The number of hydrogen-bond donors (Lipinski definition) is 2. The number of aryl methyl sites for hydroxylation is 2. The zero-order chi connectivity index (χ0) is 13.1. The van der Waals surface area contributed by atoms with Crippen LogP contribution in [0.2, 0.25) is 0 Å². The summed E-state index contributed by atoms with van der Waals surface area (Å²) in [5.74, 6) is 0.0715. The van der Waals surface area contributed by atoms with E-state index >= 15 is 0 Å². The first-order chi connectivity index (χ1) is 8.60. The fraction of sp³-hybridized carbons (Fsp3) is 0.182. The molecule has 2 aromatic rings. The summed E-state index contributed by atoms with van der Waals surface area (Å²) in [5, 5.41) is 13.3. The molecule has 18 heavy (non-hydrogen) atoms. The average Bonchev–Trinajstić information content (AvgIpc) is 2.73. The van der Waals surface area contributed by atoms with E-state index in [9.17, 15) is 0 Å². The second kappa shape index (κ2) is 5.09. The molecule has 0 aliphatic carbocycles. The van der Waals surface area contributed by atoms with Crippen LogP contribution in [0.4, 0.5) is 0 Å². The lowest BCUT2D eigenvalue weighted by Gasteiger charge is -2.05. The summed E-state index contributed by atoms with van der Waals surface area (Å²) in [7, 11) is 1.91. The molecule has 0 bridgehead atoms. The molecule has 2 rings (SSSR count). The van der Waals surface area contributed by atoms with Crippen LogP contribution in [-0.2, 0) is 7.05 Å². The largest absolute Gasteiger partial charge is 0.409 e. The molecule has 0 amide bonds. The maximum Gasteiger partial charge on any atom is 0.174 e. The van der Waals surface area contributed by atoms with Gasteiger partial charge in [0.15, 0.2) is 11.0 Å². The number of imidazole rings is 1. The summed E-state index contributed by atoms with van der Waals surface area (Å²) in [4.78, 5) is 8.59. The minimum Gasteiger partial charge on any atom is -0.409 e. The first-order valence-electron chi connectivity index (χ1n) is 5.22. The minimum atomic E-state index is 0.0715. The molecule has 94 valence electrons. The van der Waals surface area contributed by atoms with Crippen LogP contribution in [0.5, 0.6) is 0 Å². The van der Waals surface area contributed by atoms with Gasteiger partial charge in [-0.2, -0.15) is 0 Å². The van der Waals surface area contributed by atoms with E-state index < -0.39 is 0 Å². The van der Waals surface area contributed by atoms with Crippen molar-refractivity contribution < 1.29 is 5.21 Å². The molecule has 0 radical (unpaired) electrons. The van der Waals surface area contributed by atoms with Crippen molar-refractivity contribution in [3.8, 4) is 0 Å². The zero-order valence-corrected chi connectivity index (χ0v) is 10.8. The molecule has 0 fully saturated rings. The van der Waals surface area contributed by atoms with Crippen molar-refractivity contribution in [1.29, 1.82) is 0 Å². The highest BCUT2D eigenvalue weighted by Crippen LogP contribution is 2.25. The molecule has 0 spiro atoms. The van der Waals surface area contributed by atoms with Crippen molar-refractivity contribution in [2.45, 2.75) is 17.1 Å². The Bertz CT molecular complexity index is 593. The van der Waals surface area contributed by atoms with Gasteiger partial charge in [-0.05, 0) is 30.8 Å². The molecule has 0 aliphatic heterocycles. The molecule has 7 heteroatoms. The minimum absolute atomic E-state index is 0.0715. The van der Waals surface area contributed by atoms with E-state index in [-0.39, 0.29) is 5.84 Å². The fourth-order valence-electron chi connectivity index (χ4n) is 1.44. The highest BCUT2D eigenvalue weighted by Gasteiger charge is 2.08. The van der Waals surface area contributed by atoms with Gasteiger partial charge >= 0.3 is 0 Å². The van der Waals surface area contributed by atoms with Crippen molar-refractivity contribution in [1.82, 2.24) is 14.5 Å². The van der Waals surface area contributed by atoms with Crippen LogP contribution in [0.3, 0.4) is 0 Å². The third-order valence-electron chi connectivity index (χ3n) is 2.31. The van der Waals surface area contributed by atoms with Gasteiger partial charge in [0.2, 0.25) is 0 Å². The molecule has 0 saturated heterocycles. The number of oxime groups is 1. The predicted octanol–water partition coefficient (Wildman–Crippen LogP) is 1.37. The lowest BCUT2D eigenvalue weighted by molar-refractivity contribution is 0.318. The molecule has 2 heterocycles. The van der Waals surface area contributed by atoms with Gasteiger partial charge in [-0.25, -0.2) is 9.97 Å². The highest BCUT2D eigenvalue weighted by molar-refractivity contribution is 7.99. The van der Waals surface area contributed by atoms with E-state index in [0.29, 0.717) is 5.56 Å². The summed E-state index contributed by atoms with van der Waals surface area (Å²) in [6.07, 6.45) is 3.59. The number of nitrogens with zero attached hydrogens (tertiary/aromatic N) is 4. The second-order valence-corrected chi connectivity index (χ2v) is 4.73. The van der Waals surface area contributed by atoms with Gasteiger partial charge in [-0.3, -0.25) is 0 Å². The first kappa shape index (κ1) is 12.4. The smallest absolute Gasteiger partial charge is 0.174 e. The van der Waals surface area contributed by atoms with Gasteiger partial charge in [0, 0.05) is 30.7 Å². The molecular weight excluding hydrogens is 250 g/mol. The Morgan fingerprint density at radius 1 is 1.50 bits per heavy atom. The van der Waals surface area contributed by atoms with Crippen LogP contribution in [0.1, 0.15) is 11.3 Å². The normalized spacial score (nSPS) is 11.8. The Labute approximate surface area is 109 Å². The zero-order valence-electron chi connectivity index (χ0n) is 10.0. The summed E-state index contributed by atoms with van der Waals surface area (Å²) >= 11 is 1.43. The summed E-state index contributed by atoms with van der Waals surface area (Å²) in [6, 6.07) is 3.53. The van der Waals surface area contributed by atoms with Crippen LogP contribution in [0.15, 0.2) is 39.9 Å². The van der Waals surface area contributed by atoms with Crippen LogP contribution in [-0.4, -0.2) is 25.6 Å². The van der Waals surface area contributed by atoms with Gasteiger partial charge in [0.05, 0.1) is 0 Å². The molecule has 6 nitrogen and oxygen atoms in total. The van der Waals surface area contributed by atoms with E-state index in [4.69, 9.17) is 10.9 Å². The molecule has 3 N–H and O–H groups in total. The standard InChI is InChI=1S/C11H13N5OS/c1-7-5-8(10(12)15-17)6-9(14-7)18-11-13-3-4-16(11)2/h3-6,17H,1-2H3,(H2,12,15). The maximum atomic E-state index is 8.69. The average molecular weight is 263 g/mol. The molecule has 0 aromatic carbocycles. The van der Waals surface area contributed by atoms with E-state index in [0.717, 1.165) is 15.9 Å². The second-order valence-electron chi connectivity index (χ2n) is 3.74. The van der Waals surface area contributed by atoms with Gasteiger partial charge in [0.25, 0.3) is 0 Å². The van der Waals surface area contributed by atoms with Gasteiger partial charge in [-0.1, -0.05) is 5.16 Å². The van der Waals surface area contributed by atoms with E-state index in [2.05, 4.69) is 15.1 Å². The van der Waals surface area contributed by atoms with Crippen LogP contribution >= 0.6 is 11.8 Å². The molecule has 0 unspecified atom stereocenters. The van der Waals surface area contributed by atoms with Crippen LogP contribution < -0.4 is 5.73 Å². The van der Waals surface area contributed by atoms with Crippen LogP contribution in [0.25, 0.3) is 0 Å². The van der Waals surface area contributed by atoms with E-state index in [1.54, 1.807) is 18.3 Å². The Kier molecular flexibility index (Phi) is 3.52. The number of rotatable bonds is 3. The maximum absolute atomic E-state index is 8.69. The van der Waals surface area contributed by atoms with Gasteiger partial charge in [0.1, 0.15) is 5.03 Å². The van der Waals surface area contributed by atoms with Gasteiger partial charge in [-0.15, -0.1) is 0 Å². The Morgan fingerprint density at radius 2 is 2.28 bits per heavy atom. The fourth-order valence-corrected chi connectivity index (χ4v) is 2.32. The highest BCUT2D eigenvalue weighted by atomic mass is 32.2. The van der Waals surface area contributed by atoms with Crippen molar-refractivity contribution in [3.63, 3.8) is 0 Å². The monoisotopic (exact) mass is 263 g/mol. The quantitative estimate of drug-likeness (QED) is 0.378. The number of hydrogen-bond acceptors (Lipinski definition) is 5. The Balaban J connectivity index is 2.34. The molecular formula is C11H13N5OS. The molecule has 0 atom stereocenters. The summed E-state index contributed by atoms with van der Waals surface area (Å²) < 4.78 is 1.90. The lowest BCUT2D eigenvalue weighted by atomic mass is 10.2. The van der Waals surface area contributed by atoms with Crippen molar-refractivity contribution in [2.75, 3.05) is 0 Å². The Morgan fingerprint density at radius 3 is 2.89 bits per heavy atom. The third kappa shape index (κ3) is 2.62. The van der Waals surface area contributed by atoms with Crippen molar-refractivity contribution in [3.05, 3.63) is 35.8 Å². The summed E-state index contributed by atoms with van der Waals surface area (Å²) in [6.45, 7) is 1.86. The predicted molar refractivity (Wildman–Crippen MR) is 68.8 cm³/mol. The molecule has 0 saturated carbocycles. The van der Waals surface area contributed by atoms with Crippen molar-refractivity contribution >= 4 is 17.6 Å². The van der Waals surface area contributed by atoms with Gasteiger partial charge < -0.3 is 15.5 Å². The number of nitrogens with two attached hydrogens (primary N) is 1. The third-order valence-corrected chi connectivity index (χ3v) is 3.30. The van der Waals surface area contributed by atoms with Crippen molar-refractivity contribution in [2.24, 2.45) is 17.9 Å². The van der Waals surface area contributed by atoms with E-state index in [1.165, 1.54) is 11.8 Å². The number of aromatic nitrogens is 3. The Hall–Kier alpha value is -2.02. The SMILES string of the molecule is Cc1cc(/C(N)=N/O)cc(Sc2nccn2C)n1. The molecule has 2 aromatic heterocycles. The van der Waals surface area contributed by atoms with E-state index in [1.807, 2.05) is 24.7 Å². The van der Waals surface area contributed by atoms with Crippen LogP contribution in [0, 0.1) is 6.92 Å². The first-order valence-corrected chi connectivity index (χ1v) is 6.03. The number of pyridine rings is 1.